The number of hydrogen-bond acceptors (Lipinski definition) is 4. The molecule has 0 radical (unpaired) electrons. The fraction of sp³-hybridized carbons (Fsp3) is 0.294. The SMILES string of the molecule is CNCc1sc2ccccc2c1COCCc1cccs1. The van der Waals surface area contributed by atoms with Gasteiger partial charge in [0.15, 0.2) is 0 Å². The summed E-state index contributed by atoms with van der Waals surface area (Å²) in [6.45, 7) is 2.39. The minimum absolute atomic E-state index is 0.701. The average Bonchev–Trinajstić information content (AvgIpc) is 3.12. The summed E-state index contributed by atoms with van der Waals surface area (Å²) in [5.74, 6) is 0. The molecule has 0 atom stereocenters. The summed E-state index contributed by atoms with van der Waals surface area (Å²) in [5, 5.41) is 6.71. The van der Waals surface area contributed by atoms with Gasteiger partial charge in [-0.05, 0) is 29.9 Å². The Bertz CT molecular complexity index is 688. The molecule has 0 fully saturated rings. The van der Waals surface area contributed by atoms with Crippen LogP contribution in [-0.2, 0) is 24.3 Å². The fourth-order valence-electron chi connectivity index (χ4n) is 2.41. The van der Waals surface area contributed by atoms with E-state index in [2.05, 4.69) is 47.1 Å². The van der Waals surface area contributed by atoms with Gasteiger partial charge >= 0.3 is 0 Å². The molecule has 21 heavy (non-hydrogen) atoms. The topological polar surface area (TPSA) is 21.3 Å². The molecule has 0 unspecified atom stereocenters. The van der Waals surface area contributed by atoms with Crippen molar-refractivity contribution in [3.63, 3.8) is 0 Å². The van der Waals surface area contributed by atoms with Crippen LogP contribution in [0.4, 0.5) is 0 Å². The van der Waals surface area contributed by atoms with Gasteiger partial charge in [0.2, 0.25) is 0 Å². The first kappa shape index (κ1) is 14.7. The van der Waals surface area contributed by atoms with Crippen LogP contribution in [0, 0.1) is 0 Å². The van der Waals surface area contributed by atoms with Gasteiger partial charge in [-0.2, -0.15) is 0 Å². The molecule has 0 spiro atoms. The van der Waals surface area contributed by atoms with E-state index in [1.165, 1.54) is 25.4 Å². The summed E-state index contributed by atoms with van der Waals surface area (Å²) in [7, 11) is 1.99. The number of benzene rings is 1. The lowest BCUT2D eigenvalue weighted by Gasteiger charge is -2.06. The minimum Gasteiger partial charge on any atom is -0.376 e. The summed E-state index contributed by atoms with van der Waals surface area (Å²) in [4.78, 5) is 2.77. The molecule has 0 aliphatic rings. The van der Waals surface area contributed by atoms with Crippen molar-refractivity contribution in [2.24, 2.45) is 0 Å². The third kappa shape index (κ3) is 3.52. The average molecular weight is 317 g/mol. The number of thiophene rings is 2. The van der Waals surface area contributed by atoms with Gasteiger partial charge in [-0.25, -0.2) is 0 Å². The third-order valence-electron chi connectivity index (χ3n) is 3.44. The molecule has 0 amide bonds. The molecule has 3 aromatic rings. The minimum atomic E-state index is 0.701. The summed E-state index contributed by atoms with van der Waals surface area (Å²) in [6, 6.07) is 12.9. The quantitative estimate of drug-likeness (QED) is 0.650. The van der Waals surface area contributed by atoms with Crippen molar-refractivity contribution in [2.75, 3.05) is 13.7 Å². The number of nitrogens with one attached hydrogen (secondary N) is 1. The van der Waals surface area contributed by atoms with Gasteiger partial charge < -0.3 is 10.1 Å². The van der Waals surface area contributed by atoms with E-state index in [-0.39, 0.29) is 0 Å². The zero-order valence-corrected chi connectivity index (χ0v) is 13.7. The summed E-state index contributed by atoms with van der Waals surface area (Å²) in [6.07, 6.45) is 1.00. The molecule has 2 nitrogen and oxygen atoms in total. The van der Waals surface area contributed by atoms with Crippen LogP contribution >= 0.6 is 22.7 Å². The van der Waals surface area contributed by atoms with Gasteiger partial charge in [0, 0.05) is 33.0 Å². The second-order valence-corrected chi connectivity index (χ2v) is 7.08. The third-order valence-corrected chi connectivity index (χ3v) is 5.59. The monoisotopic (exact) mass is 317 g/mol. The van der Waals surface area contributed by atoms with E-state index in [0.717, 1.165) is 19.6 Å². The van der Waals surface area contributed by atoms with Crippen LogP contribution < -0.4 is 5.32 Å². The first-order chi connectivity index (χ1) is 10.4. The molecule has 0 bridgehead atoms. The summed E-state index contributed by atoms with van der Waals surface area (Å²) < 4.78 is 7.28. The molecule has 4 heteroatoms. The lowest BCUT2D eigenvalue weighted by Crippen LogP contribution is -2.06. The highest BCUT2D eigenvalue weighted by Crippen LogP contribution is 2.31. The zero-order valence-electron chi connectivity index (χ0n) is 12.1. The smallest absolute Gasteiger partial charge is 0.0734 e. The van der Waals surface area contributed by atoms with Crippen molar-refractivity contribution < 1.29 is 4.74 Å². The van der Waals surface area contributed by atoms with Crippen molar-refractivity contribution >= 4 is 32.8 Å². The van der Waals surface area contributed by atoms with Crippen LogP contribution in [0.5, 0.6) is 0 Å². The molecule has 1 N–H and O–H groups in total. The van der Waals surface area contributed by atoms with Gasteiger partial charge in [0.25, 0.3) is 0 Å². The highest BCUT2D eigenvalue weighted by molar-refractivity contribution is 7.19. The Kier molecular flexibility index (Phi) is 5.04. The van der Waals surface area contributed by atoms with Gasteiger partial charge in [-0.3, -0.25) is 0 Å². The molecule has 0 saturated heterocycles. The van der Waals surface area contributed by atoms with E-state index in [1.807, 2.05) is 18.4 Å². The Morgan fingerprint density at radius 2 is 2.05 bits per heavy atom. The number of rotatable bonds is 7. The van der Waals surface area contributed by atoms with Gasteiger partial charge in [0.05, 0.1) is 13.2 Å². The van der Waals surface area contributed by atoms with E-state index in [0.29, 0.717) is 6.61 Å². The number of fused-ring (bicyclic) bond motifs is 1. The summed E-state index contributed by atoms with van der Waals surface area (Å²) in [5.41, 5.74) is 1.34. The number of hydrogen-bond donors (Lipinski definition) is 1. The van der Waals surface area contributed by atoms with E-state index in [1.54, 1.807) is 11.3 Å². The molecular formula is C17H19NOS2. The normalized spacial score (nSPS) is 11.3. The Morgan fingerprint density at radius 3 is 2.86 bits per heavy atom. The maximum Gasteiger partial charge on any atom is 0.0734 e. The molecule has 2 aromatic heterocycles. The van der Waals surface area contributed by atoms with Crippen molar-refractivity contribution in [1.29, 1.82) is 0 Å². The highest BCUT2D eigenvalue weighted by Gasteiger charge is 2.11. The Morgan fingerprint density at radius 1 is 1.14 bits per heavy atom. The van der Waals surface area contributed by atoms with Crippen LogP contribution in [0.3, 0.4) is 0 Å². The van der Waals surface area contributed by atoms with Crippen molar-refractivity contribution in [2.45, 2.75) is 19.6 Å². The first-order valence-electron chi connectivity index (χ1n) is 7.12. The predicted octanol–water partition coefficient (Wildman–Crippen LogP) is 4.44. The Balaban J connectivity index is 1.68. The van der Waals surface area contributed by atoms with Crippen LogP contribution in [0.2, 0.25) is 0 Å². The second kappa shape index (κ2) is 7.18. The maximum absolute atomic E-state index is 5.93. The Hall–Kier alpha value is -1.20. The van der Waals surface area contributed by atoms with Crippen molar-refractivity contribution in [3.8, 4) is 0 Å². The highest BCUT2D eigenvalue weighted by atomic mass is 32.1. The molecule has 2 heterocycles. The largest absolute Gasteiger partial charge is 0.376 e. The fourth-order valence-corrected chi connectivity index (χ4v) is 4.32. The first-order valence-corrected chi connectivity index (χ1v) is 8.82. The maximum atomic E-state index is 5.93. The molecule has 0 aliphatic heterocycles. The van der Waals surface area contributed by atoms with E-state index < -0.39 is 0 Å². The molecule has 0 aliphatic carbocycles. The zero-order chi connectivity index (χ0) is 14.5. The van der Waals surface area contributed by atoms with E-state index in [9.17, 15) is 0 Å². The predicted molar refractivity (Wildman–Crippen MR) is 92.3 cm³/mol. The molecule has 0 saturated carbocycles. The molecular weight excluding hydrogens is 298 g/mol. The lowest BCUT2D eigenvalue weighted by molar-refractivity contribution is 0.125. The second-order valence-electron chi connectivity index (χ2n) is 4.91. The Labute approximate surface area is 133 Å². The summed E-state index contributed by atoms with van der Waals surface area (Å²) >= 11 is 3.66. The van der Waals surface area contributed by atoms with Gasteiger partial charge in [0.1, 0.15) is 0 Å². The van der Waals surface area contributed by atoms with Gasteiger partial charge in [-0.1, -0.05) is 24.3 Å². The van der Waals surface area contributed by atoms with Crippen LogP contribution in [0.15, 0.2) is 41.8 Å². The molecule has 110 valence electrons. The standard InChI is InChI=1S/C17H19NOS2/c1-18-11-17-15(14-6-2-3-7-16(14)21-17)12-19-9-8-13-5-4-10-20-13/h2-7,10,18H,8-9,11-12H2,1H3. The van der Waals surface area contributed by atoms with Crippen LogP contribution in [-0.4, -0.2) is 13.7 Å². The number of ether oxygens (including phenoxy) is 1. The van der Waals surface area contributed by atoms with Crippen molar-refractivity contribution in [3.05, 3.63) is 57.1 Å². The van der Waals surface area contributed by atoms with E-state index in [4.69, 9.17) is 4.74 Å². The molecule has 3 rings (SSSR count). The lowest BCUT2D eigenvalue weighted by atomic mass is 10.1. The van der Waals surface area contributed by atoms with Crippen LogP contribution in [0.1, 0.15) is 15.3 Å². The van der Waals surface area contributed by atoms with Crippen LogP contribution in [0.25, 0.3) is 10.1 Å². The van der Waals surface area contributed by atoms with Crippen molar-refractivity contribution in [1.82, 2.24) is 5.32 Å². The molecule has 1 aromatic carbocycles. The van der Waals surface area contributed by atoms with E-state index >= 15 is 0 Å². The van der Waals surface area contributed by atoms with Gasteiger partial charge in [-0.15, -0.1) is 22.7 Å².